The van der Waals surface area contributed by atoms with Gasteiger partial charge in [0.1, 0.15) is 0 Å². The van der Waals surface area contributed by atoms with E-state index >= 15 is 0 Å². The van der Waals surface area contributed by atoms with Crippen molar-refractivity contribution in [3.05, 3.63) is 33.5 Å². The van der Waals surface area contributed by atoms with E-state index in [1.807, 2.05) is 0 Å². The Kier molecular flexibility index (Phi) is 4.52. The fraction of sp³-hybridized carbons (Fsp3) is 0.222. The number of halogens is 2. The van der Waals surface area contributed by atoms with Gasteiger partial charge in [0.05, 0.1) is 11.7 Å². The Hall–Kier alpha value is -1.33. The second-order valence-corrected chi connectivity index (χ2v) is 3.57. The topological polar surface area (TPSA) is 64.7 Å². The van der Waals surface area contributed by atoms with E-state index in [1.54, 1.807) is 6.92 Å². The van der Waals surface area contributed by atoms with E-state index in [4.69, 9.17) is 23.2 Å². The third kappa shape index (κ3) is 3.67. The monoisotopic (exact) mass is 262 g/mol. The minimum absolute atomic E-state index is 0.0607. The first-order chi connectivity index (χ1) is 7.52. The van der Waals surface area contributed by atoms with Crippen molar-refractivity contribution in [2.24, 2.45) is 5.11 Å². The Morgan fingerprint density at radius 1 is 1.44 bits per heavy atom. The van der Waals surface area contributed by atoms with E-state index in [1.165, 1.54) is 18.2 Å². The molecular weight excluding hydrogens is 255 g/mol. The van der Waals surface area contributed by atoms with Gasteiger partial charge in [-0.3, -0.25) is 0 Å². The highest BCUT2D eigenvalue weighted by Crippen LogP contribution is 2.24. The number of carbonyl (C=O) groups is 1. The number of hydrogen-bond acceptors (Lipinski definition) is 3. The molecule has 16 heavy (non-hydrogen) atoms. The molecule has 0 saturated heterocycles. The fourth-order valence-corrected chi connectivity index (χ4v) is 1.45. The van der Waals surface area contributed by atoms with Gasteiger partial charge in [-0.05, 0) is 17.9 Å². The smallest absolute Gasteiger partial charge is 0.492 e. The normalized spacial score (nSPS) is 11.3. The number of rotatable bonds is 2. The van der Waals surface area contributed by atoms with Gasteiger partial charge in [0.25, 0.3) is 0 Å². The Bertz CT molecular complexity index is 415. The molecule has 0 heterocycles. The molecule has 0 aliphatic rings. The highest BCUT2D eigenvalue weighted by Gasteiger charge is 2.10. The molecule has 0 aliphatic carbocycles. The van der Waals surface area contributed by atoms with Crippen molar-refractivity contribution in [1.82, 2.24) is 0 Å². The molecule has 5 nitrogen and oxygen atoms in total. The van der Waals surface area contributed by atoms with Crippen molar-refractivity contribution in [3.63, 3.8) is 0 Å². The summed E-state index contributed by atoms with van der Waals surface area (Å²) in [6.07, 6.45) is -0.964. The molecule has 0 unspecified atom stereocenters. The SMILES string of the molecule is CCOC(=O)/N=[N+](\[O-])c1cc(Cl)cc(Cl)c1. The lowest BCUT2D eigenvalue weighted by Crippen LogP contribution is -2.02. The largest absolute Gasteiger partial charge is 0.594 e. The lowest BCUT2D eigenvalue weighted by atomic mass is 10.3. The minimum atomic E-state index is -0.964. The summed E-state index contributed by atoms with van der Waals surface area (Å²) in [6, 6.07) is 4.14. The van der Waals surface area contributed by atoms with Gasteiger partial charge in [0.2, 0.25) is 5.69 Å². The standard InChI is InChI=1S/C9H8Cl2N2O3/c1-2-16-9(14)12-13(15)8-4-6(10)3-7(11)5-8/h3-5H,2H2,1H3/b13-12-. The predicted octanol–water partition coefficient (Wildman–Crippen LogP) is 3.74. The van der Waals surface area contributed by atoms with Crippen molar-refractivity contribution >= 4 is 35.0 Å². The van der Waals surface area contributed by atoms with Gasteiger partial charge in [-0.2, -0.15) is 0 Å². The van der Waals surface area contributed by atoms with E-state index in [0.717, 1.165) is 0 Å². The molecular formula is C9H8Cl2N2O3. The highest BCUT2D eigenvalue weighted by molar-refractivity contribution is 6.34. The number of nitrogens with zero attached hydrogens (tertiary/aromatic N) is 2. The van der Waals surface area contributed by atoms with Gasteiger partial charge in [0, 0.05) is 22.2 Å². The summed E-state index contributed by atoms with van der Waals surface area (Å²) in [6.45, 7) is 1.76. The Morgan fingerprint density at radius 3 is 2.50 bits per heavy atom. The van der Waals surface area contributed by atoms with Crippen LogP contribution in [-0.2, 0) is 4.74 Å². The van der Waals surface area contributed by atoms with Crippen molar-refractivity contribution in [3.8, 4) is 0 Å². The van der Waals surface area contributed by atoms with Gasteiger partial charge in [-0.25, -0.2) is 4.79 Å². The third-order valence-electron chi connectivity index (χ3n) is 1.51. The number of amides is 1. The van der Waals surface area contributed by atoms with E-state index in [9.17, 15) is 10.0 Å². The average molecular weight is 263 g/mol. The maximum Gasteiger partial charge on any atom is 0.492 e. The van der Waals surface area contributed by atoms with Gasteiger partial charge in [-0.1, -0.05) is 23.2 Å². The van der Waals surface area contributed by atoms with Crippen LogP contribution in [0.1, 0.15) is 6.92 Å². The zero-order valence-corrected chi connectivity index (χ0v) is 9.83. The molecule has 7 heteroatoms. The first-order valence-electron chi connectivity index (χ1n) is 4.34. The summed E-state index contributed by atoms with van der Waals surface area (Å²) in [7, 11) is 0. The van der Waals surface area contributed by atoms with E-state index < -0.39 is 6.09 Å². The van der Waals surface area contributed by atoms with E-state index in [-0.39, 0.29) is 27.2 Å². The summed E-state index contributed by atoms with van der Waals surface area (Å²) in [5, 5.41) is 15.0. The number of azo groups is 1. The predicted molar refractivity (Wildman–Crippen MR) is 59.2 cm³/mol. The van der Waals surface area contributed by atoms with Gasteiger partial charge < -0.3 is 9.94 Å². The van der Waals surface area contributed by atoms with Gasteiger partial charge in [-0.15, -0.1) is 0 Å². The second-order valence-electron chi connectivity index (χ2n) is 2.70. The van der Waals surface area contributed by atoms with Crippen molar-refractivity contribution in [2.75, 3.05) is 6.61 Å². The van der Waals surface area contributed by atoms with Crippen LogP contribution in [0.4, 0.5) is 10.5 Å². The molecule has 1 amide bonds. The van der Waals surface area contributed by atoms with Crippen LogP contribution in [0.2, 0.25) is 10.0 Å². The van der Waals surface area contributed by atoms with E-state index in [2.05, 4.69) is 9.85 Å². The number of hydrogen-bond donors (Lipinski definition) is 0. The maximum absolute atomic E-state index is 11.4. The number of benzene rings is 1. The lowest BCUT2D eigenvalue weighted by molar-refractivity contribution is -0.436. The first kappa shape index (κ1) is 12.7. The summed E-state index contributed by atoms with van der Waals surface area (Å²) in [5.74, 6) is 0. The van der Waals surface area contributed by atoms with Crippen LogP contribution in [0.25, 0.3) is 0 Å². The fourth-order valence-electron chi connectivity index (χ4n) is 0.934. The molecule has 0 aromatic heterocycles. The van der Waals surface area contributed by atoms with Crippen LogP contribution in [0, 0.1) is 5.21 Å². The van der Waals surface area contributed by atoms with Crippen molar-refractivity contribution < 1.29 is 14.4 Å². The van der Waals surface area contributed by atoms with Crippen molar-refractivity contribution in [2.45, 2.75) is 6.92 Å². The number of carbonyl (C=O) groups excluding carboxylic acids is 1. The Morgan fingerprint density at radius 2 is 2.00 bits per heavy atom. The molecule has 0 bridgehead atoms. The molecule has 0 aliphatic heterocycles. The summed E-state index contributed by atoms with van der Waals surface area (Å²) in [4.78, 5) is 11.0. The van der Waals surface area contributed by atoms with Gasteiger partial charge >= 0.3 is 6.09 Å². The number of ether oxygens (including phenoxy) is 1. The molecule has 1 aromatic rings. The lowest BCUT2D eigenvalue weighted by Gasteiger charge is -2.00. The van der Waals surface area contributed by atoms with Crippen LogP contribution in [0.5, 0.6) is 0 Å². The van der Waals surface area contributed by atoms with Crippen LogP contribution in [0.3, 0.4) is 0 Å². The van der Waals surface area contributed by atoms with Crippen LogP contribution < -0.4 is 0 Å². The van der Waals surface area contributed by atoms with Crippen LogP contribution in [-0.4, -0.2) is 17.6 Å². The molecule has 0 spiro atoms. The van der Waals surface area contributed by atoms with Crippen LogP contribution in [0.15, 0.2) is 23.3 Å². The molecule has 0 fully saturated rings. The summed E-state index contributed by atoms with van der Waals surface area (Å²) < 4.78 is 4.48. The Labute approximate surface area is 102 Å². The van der Waals surface area contributed by atoms with E-state index in [0.29, 0.717) is 0 Å². The molecule has 1 rings (SSSR count). The molecule has 0 radical (unpaired) electrons. The zero-order chi connectivity index (χ0) is 12.1. The molecule has 0 atom stereocenters. The second kappa shape index (κ2) is 5.67. The quantitative estimate of drug-likeness (QED) is 0.463. The Balaban J connectivity index is 2.95. The minimum Gasteiger partial charge on any atom is -0.594 e. The van der Waals surface area contributed by atoms with Crippen LogP contribution >= 0.6 is 23.2 Å². The molecule has 86 valence electrons. The maximum atomic E-state index is 11.4. The first-order valence-corrected chi connectivity index (χ1v) is 5.10. The molecule has 1 aromatic carbocycles. The van der Waals surface area contributed by atoms with Crippen molar-refractivity contribution in [1.29, 1.82) is 0 Å². The highest BCUT2D eigenvalue weighted by atomic mass is 35.5. The zero-order valence-electron chi connectivity index (χ0n) is 8.31. The third-order valence-corrected chi connectivity index (χ3v) is 1.94. The average Bonchev–Trinajstić information content (AvgIpc) is 2.16. The molecule has 0 N–H and O–H groups in total. The van der Waals surface area contributed by atoms with Gasteiger partial charge in [0.15, 0.2) is 0 Å². The summed E-state index contributed by atoms with van der Waals surface area (Å²) in [5.41, 5.74) is 0.0607. The molecule has 0 saturated carbocycles. The summed E-state index contributed by atoms with van der Waals surface area (Å²) >= 11 is 11.4.